The summed E-state index contributed by atoms with van der Waals surface area (Å²) in [4.78, 5) is 4.24. The number of aliphatic imine (C=N–C) groups is 1. The van der Waals surface area contributed by atoms with Crippen LogP contribution in [0.1, 0.15) is 36.9 Å². The van der Waals surface area contributed by atoms with E-state index in [-0.39, 0.29) is 41.6 Å². The summed E-state index contributed by atoms with van der Waals surface area (Å²) in [7, 11) is 3.19. The van der Waals surface area contributed by atoms with Crippen LogP contribution < -0.4 is 15.4 Å². The fourth-order valence-corrected chi connectivity index (χ4v) is 3.14. The highest BCUT2D eigenvalue weighted by molar-refractivity contribution is 14.0. The Morgan fingerprint density at radius 2 is 2.04 bits per heavy atom. The fraction of sp³-hybridized carbons (Fsp3) is 0.389. The number of thiophene rings is 1. The first-order valence-corrected chi connectivity index (χ1v) is 8.82. The summed E-state index contributed by atoms with van der Waals surface area (Å²) in [5.74, 6) is 0.972. The van der Waals surface area contributed by atoms with E-state index in [0.717, 1.165) is 12.1 Å². The zero-order valence-electron chi connectivity index (χ0n) is 14.9. The van der Waals surface area contributed by atoms with Crippen LogP contribution in [0.25, 0.3) is 0 Å². The molecule has 0 saturated carbocycles. The molecule has 4 nitrogen and oxygen atoms in total. The Kier molecular flexibility index (Phi) is 9.20. The Hall–Kier alpha value is -1.35. The highest BCUT2D eigenvalue weighted by atomic mass is 127. The van der Waals surface area contributed by atoms with E-state index in [1.165, 1.54) is 18.7 Å². The fourth-order valence-electron chi connectivity index (χ4n) is 2.36. The monoisotopic (exact) mass is 477 g/mol. The van der Waals surface area contributed by atoms with E-state index in [2.05, 4.69) is 39.4 Å². The number of nitrogens with zero attached hydrogens (tertiary/aromatic N) is 1. The number of hydrogen-bond donors (Lipinski definition) is 2. The third kappa shape index (κ3) is 6.14. The van der Waals surface area contributed by atoms with Crippen LogP contribution in [0, 0.1) is 5.82 Å². The maximum absolute atomic E-state index is 13.8. The Labute approximate surface area is 169 Å². The molecule has 0 fully saturated rings. The maximum atomic E-state index is 13.8. The van der Waals surface area contributed by atoms with E-state index in [1.54, 1.807) is 24.5 Å². The molecule has 2 unspecified atom stereocenters. The summed E-state index contributed by atoms with van der Waals surface area (Å²) in [5.41, 5.74) is 2.15. The van der Waals surface area contributed by atoms with E-state index in [1.807, 2.05) is 13.0 Å². The van der Waals surface area contributed by atoms with E-state index in [4.69, 9.17) is 4.74 Å². The van der Waals surface area contributed by atoms with Crippen LogP contribution in [-0.4, -0.2) is 26.7 Å². The Morgan fingerprint density at radius 3 is 2.60 bits per heavy atom. The number of halogens is 2. The molecule has 7 heteroatoms. The zero-order valence-corrected chi connectivity index (χ0v) is 18.0. The van der Waals surface area contributed by atoms with E-state index in [9.17, 15) is 4.39 Å². The summed E-state index contributed by atoms with van der Waals surface area (Å²) >= 11 is 1.70. The maximum Gasteiger partial charge on any atom is 0.191 e. The van der Waals surface area contributed by atoms with Crippen LogP contribution in [0.15, 0.2) is 40.0 Å². The van der Waals surface area contributed by atoms with Gasteiger partial charge in [0.25, 0.3) is 0 Å². The topological polar surface area (TPSA) is 45.7 Å². The van der Waals surface area contributed by atoms with Gasteiger partial charge in [0, 0.05) is 13.6 Å². The molecule has 2 N–H and O–H groups in total. The van der Waals surface area contributed by atoms with Crippen molar-refractivity contribution >= 4 is 41.3 Å². The van der Waals surface area contributed by atoms with Crippen molar-refractivity contribution in [2.75, 3.05) is 20.7 Å². The molecule has 0 bridgehead atoms. The molecule has 0 spiro atoms. The van der Waals surface area contributed by atoms with Crippen molar-refractivity contribution in [1.29, 1.82) is 0 Å². The van der Waals surface area contributed by atoms with Crippen molar-refractivity contribution in [3.05, 3.63) is 52.0 Å². The van der Waals surface area contributed by atoms with Crippen LogP contribution in [-0.2, 0) is 0 Å². The smallest absolute Gasteiger partial charge is 0.191 e. The molecule has 1 heterocycles. The summed E-state index contributed by atoms with van der Waals surface area (Å²) in [6.07, 6.45) is 0. The molecular weight excluding hydrogens is 452 g/mol. The standard InChI is InChI=1S/C18H24FN3OS.HI/c1-12(15-7-8-24-11-15)10-21-18(20-3)22-13(2)14-5-6-17(23-4)16(19)9-14;/h5-9,11-13H,10H2,1-4H3,(H2,20,21,22);1H. The number of nitrogens with one attached hydrogen (secondary N) is 2. The lowest BCUT2D eigenvalue weighted by Gasteiger charge is -2.20. The van der Waals surface area contributed by atoms with Crippen LogP contribution >= 0.6 is 35.3 Å². The minimum atomic E-state index is -0.363. The van der Waals surface area contributed by atoms with Crippen molar-refractivity contribution in [1.82, 2.24) is 10.6 Å². The van der Waals surface area contributed by atoms with Gasteiger partial charge in [-0.3, -0.25) is 4.99 Å². The van der Waals surface area contributed by atoms with Crippen LogP contribution in [0.2, 0.25) is 0 Å². The summed E-state index contributed by atoms with van der Waals surface area (Å²) in [6.45, 7) is 4.92. The van der Waals surface area contributed by atoms with Gasteiger partial charge in [0.05, 0.1) is 13.2 Å². The summed E-state index contributed by atoms with van der Waals surface area (Å²) in [6, 6.07) is 7.03. The Balaban J connectivity index is 0.00000312. The second-order valence-electron chi connectivity index (χ2n) is 5.67. The third-order valence-corrected chi connectivity index (χ3v) is 4.64. The number of methoxy groups -OCH3 is 1. The Bertz CT molecular complexity index is 679. The lowest BCUT2D eigenvalue weighted by molar-refractivity contribution is 0.386. The van der Waals surface area contributed by atoms with E-state index < -0.39 is 0 Å². The van der Waals surface area contributed by atoms with Crippen molar-refractivity contribution < 1.29 is 9.13 Å². The normalized spacial score (nSPS) is 13.6. The van der Waals surface area contributed by atoms with Crippen LogP contribution in [0.5, 0.6) is 5.75 Å². The molecule has 1 aromatic heterocycles. The quantitative estimate of drug-likeness (QED) is 0.365. The predicted octanol–water partition coefficient (Wildman–Crippen LogP) is 4.54. The molecule has 0 amide bonds. The van der Waals surface area contributed by atoms with Gasteiger partial charge in [-0.25, -0.2) is 4.39 Å². The van der Waals surface area contributed by atoms with Gasteiger partial charge in [-0.05, 0) is 52.9 Å². The van der Waals surface area contributed by atoms with Gasteiger partial charge < -0.3 is 15.4 Å². The number of benzene rings is 1. The highest BCUT2D eigenvalue weighted by Crippen LogP contribution is 2.21. The highest BCUT2D eigenvalue weighted by Gasteiger charge is 2.12. The molecule has 2 rings (SSSR count). The van der Waals surface area contributed by atoms with Crippen LogP contribution in [0.3, 0.4) is 0 Å². The lowest BCUT2D eigenvalue weighted by atomic mass is 10.1. The van der Waals surface area contributed by atoms with Crippen molar-refractivity contribution in [2.24, 2.45) is 4.99 Å². The van der Waals surface area contributed by atoms with Gasteiger partial charge >= 0.3 is 0 Å². The lowest BCUT2D eigenvalue weighted by Crippen LogP contribution is -2.40. The molecular formula is C18H25FIN3OS. The van der Waals surface area contributed by atoms with E-state index >= 15 is 0 Å². The van der Waals surface area contributed by atoms with Gasteiger partial charge in [0.1, 0.15) is 0 Å². The van der Waals surface area contributed by atoms with Gasteiger partial charge in [-0.1, -0.05) is 13.0 Å². The first kappa shape index (κ1) is 21.7. The first-order valence-electron chi connectivity index (χ1n) is 7.87. The average molecular weight is 477 g/mol. The first-order chi connectivity index (χ1) is 11.5. The number of rotatable bonds is 6. The van der Waals surface area contributed by atoms with Gasteiger partial charge in [-0.2, -0.15) is 11.3 Å². The van der Waals surface area contributed by atoms with Gasteiger partial charge in [0.2, 0.25) is 0 Å². The second-order valence-corrected chi connectivity index (χ2v) is 6.45. The molecule has 25 heavy (non-hydrogen) atoms. The molecule has 0 aliphatic rings. The van der Waals surface area contributed by atoms with Crippen LogP contribution in [0.4, 0.5) is 4.39 Å². The van der Waals surface area contributed by atoms with Gasteiger partial charge in [0.15, 0.2) is 17.5 Å². The second kappa shape index (κ2) is 10.6. The summed E-state index contributed by atoms with van der Waals surface area (Å²) in [5, 5.41) is 10.8. The summed E-state index contributed by atoms with van der Waals surface area (Å²) < 4.78 is 18.8. The van der Waals surface area contributed by atoms with Crippen molar-refractivity contribution in [3.8, 4) is 5.75 Å². The molecule has 2 aromatic rings. The Morgan fingerprint density at radius 1 is 1.28 bits per heavy atom. The van der Waals surface area contributed by atoms with E-state index in [0.29, 0.717) is 11.9 Å². The molecule has 138 valence electrons. The zero-order chi connectivity index (χ0) is 17.5. The molecule has 1 aromatic carbocycles. The number of ether oxygens (including phenoxy) is 1. The number of guanidine groups is 1. The molecule has 0 aliphatic carbocycles. The SMILES string of the molecule is CN=C(NCC(C)c1ccsc1)NC(C)c1ccc(OC)c(F)c1.I. The molecule has 0 aliphatic heterocycles. The predicted molar refractivity (Wildman–Crippen MR) is 114 cm³/mol. The van der Waals surface area contributed by atoms with Crippen molar-refractivity contribution in [3.63, 3.8) is 0 Å². The third-order valence-electron chi connectivity index (χ3n) is 3.94. The minimum absolute atomic E-state index is 0. The number of hydrogen-bond acceptors (Lipinski definition) is 3. The van der Waals surface area contributed by atoms with Crippen molar-refractivity contribution in [2.45, 2.75) is 25.8 Å². The molecule has 0 radical (unpaired) electrons. The molecule has 2 atom stereocenters. The van der Waals surface area contributed by atoms with Gasteiger partial charge in [-0.15, -0.1) is 24.0 Å². The minimum Gasteiger partial charge on any atom is -0.494 e. The molecule has 0 saturated heterocycles. The largest absolute Gasteiger partial charge is 0.494 e. The average Bonchev–Trinajstić information content (AvgIpc) is 3.12.